The molecule has 0 spiro atoms. The van der Waals surface area contributed by atoms with Gasteiger partial charge in [0.2, 0.25) is 5.91 Å². The van der Waals surface area contributed by atoms with Crippen molar-refractivity contribution >= 4 is 22.9 Å². The molecule has 158 valence electrons. The molecule has 0 aliphatic rings. The number of rotatable bonds is 7. The van der Waals surface area contributed by atoms with Gasteiger partial charge in [0, 0.05) is 31.6 Å². The van der Waals surface area contributed by atoms with Gasteiger partial charge in [-0.2, -0.15) is 13.2 Å². The first kappa shape index (κ1) is 21.2. The van der Waals surface area contributed by atoms with Gasteiger partial charge >= 0.3 is 11.9 Å². The number of oxazole rings is 1. The number of nitrogens with one attached hydrogen (secondary N) is 2. The first-order chi connectivity index (χ1) is 14.3. The number of amides is 2. The van der Waals surface area contributed by atoms with Crippen LogP contribution in [0, 0.1) is 0 Å². The minimum absolute atomic E-state index is 0.0380. The number of aromatic nitrogens is 1. The van der Waals surface area contributed by atoms with E-state index >= 15 is 0 Å². The fraction of sp³-hybridized carbons (Fsp3) is 0.250. The van der Waals surface area contributed by atoms with Gasteiger partial charge in [-0.25, -0.2) is 4.79 Å². The maximum Gasteiger partial charge on any atom is 0.419 e. The number of alkyl halides is 3. The van der Waals surface area contributed by atoms with E-state index in [1.807, 2.05) is 0 Å². The summed E-state index contributed by atoms with van der Waals surface area (Å²) in [5.74, 6) is -1.42. The molecule has 0 atom stereocenters. The van der Waals surface area contributed by atoms with E-state index in [0.29, 0.717) is 11.1 Å². The van der Waals surface area contributed by atoms with E-state index in [2.05, 4.69) is 10.6 Å². The number of nitrogens with zero attached hydrogens (tertiary/aromatic N) is 1. The van der Waals surface area contributed by atoms with Crippen molar-refractivity contribution in [2.24, 2.45) is 0 Å². The third-order valence-corrected chi connectivity index (χ3v) is 4.34. The summed E-state index contributed by atoms with van der Waals surface area (Å²) in [6.45, 7) is 0.367. The number of hydrogen-bond acceptors (Lipinski definition) is 4. The normalized spacial score (nSPS) is 11.4. The Morgan fingerprint density at radius 1 is 0.967 bits per heavy atom. The summed E-state index contributed by atoms with van der Waals surface area (Å²) in [5.41, 5.74) is 0.282. The number of aryl methyl sites for hydroxylation is 1. The van der Waals surface area contributed by atoms with Crippen molar-refractivity contribution in [2.45, 2.75) is 19.1 Å². The van der Waals surface area contributed by atoms with Crippen LogP contribution in [0.15, 0.2) is 57.7 Å². The highest BCUT2D eigenvalue weighted by molar-refractivity contribution is 5.94. The van der Waals surface area contributed by atoms with Crippen LogP contribution in [0.5, 0.6) is 0 Å². The summed E-state index contributed by atoms with van der Waals surface area (Å²) in [7, 11) is 0. The molecule has 10 heteroatoms. The van der Waals surface area contributed by atoms with Gasteiger partial charge in [0.15, 0.2) is 5.58 Å². The molecular weight excluding hydrogens is 403 g/mol. The maximum atomic E-state index is 12.5. The van der Waals surface area contributed by atoms with Crippen molar-refractivity contribution in [3.63, 3.8) is 0 Å². The van der Waals surface area contributed by atoms with Crippen LogP contribution < -0.4 is 16.4 Å². The Hall–Kier alpha value is -3.56. The molecule has 2 aromatic carbocycles. The molecule has 0 aliphatic carbocycles. The standard InChI is InChI=1S/C20H18F3N3O4/c21-20(22,23)14-7-5-13(6-8-14)18(28)25-11-10-24-17(27)9-12-26-15-3-1-2-4-16(15)30-19(26)29/h1-8H,9-12H2,(H,24,27)(H,25,28). The Balaban J connectivity index is 1.42. The van der Waals surface area contributed by atoms with Crippen LogP contribution in [0.2, 0.25) is 0 Å². The second-order valence-corrected chi connectivity index (χ2v) is 6.42. The molecule has 0 saturated carbocycles. The number of fused-ring (bicyclic) bond motifs is 1. The first-order valence-corrected chi connectivity index (χ1v) is 9.06. The summed E-state index contributed by atoms with van der Waals surface area (Å²) < 4.78 is 44.0. The second kappa shape index (κ2) is 8.85. The number of carbonyl (C=O) groups is 2. The summed E-state index contributed by atoms with van der Waals surface area (Å²) >= 11 is 0. The predicted octanol–water partition coefficient (Wildman–Crippen LogP) is 2.55. The predicted molar refractivity (Wildman–Crippen MR) is 102 cm³/mol. The van der Waals surface area contributed by atoms with Crippen LogP contribution in [0.1, 0.15) is 22.3 Å². The molecule has 0 saturated heterocycles. The third kappa shape index (κ3) is 5.07. The molecule has 0 unspecified atom stereocenters. The molecule has 1 heterocycles. The van der Waals surface area contributed by atoms with E-state index < -0.39 is 23.4 Å². The lowest BCUT2D eigenvalue weighted by Gasteiger charge is -2.09. The summed E-state index contributed by atoms with van der Waals surface area (Å²) in [4.78, 5) is 35.7. The molecule has 0 fully saturated rings. The van der Waals surface area contributed by atoms with Gasteiger partial charge in [-0.1, -0.05) is 12.1 Å². The van der Waals surface area contributed by atoms with Crippen LogP contribution in [0.25, 0.3) is 11.1 Å². The van der Waals surface area contributed by atoms with Crippen molar-refractivity contribution in [1.82, 2.24) is 15.2 Å². The lowest BCUT2D eigenvalue weighted by molar-refractivity contribution is -0.137. The van der Waals surface area contributed by atoms with Crippen molar-refractivity contribution in [1.29, 1.82) is 0 Å². The zero-order chi connectivity index (χ0) is 21.7. The number of halogens is 3. The van der Waals surface area contributed by atoms with Gasteiger partial charge in [-0.3, -0.25) is 14.2 Å². The monoisotopic (exact) mass is 421 g/mol. The van der Waals surface area contributed by atoms with Crippen molar-refractivity contribution in [3.8, 4) is 0 Å². The average Bonchev–Trinajstić information content (AvgIpc) is 3.04. The van der Waals surface area contributed by atoms with Crippen LogP contribution in [0.3, 0.4) is 0 Å². The van der Waals surface area contributed by atoms with E-state index in [1.54, 1.807) is 24.3 Å². The van der Waals surface area contributed by atoms with E-state index in [4.69, 9.17) is 4.42 Å². The molecule has 2 N–H and O–H groups in total. The van der Waals surface area contributed by atoms with Crippen molar-refractivity contribution < 1.29 is 27.2 Å². The molecule has 2 amide bonds. The van der Waals surface area contributed by atoms with Gasteiger partial charge in [-0.15, -0.1) is 0 Å². The molecule has 7 nitrogen and oxygen atoms in total. The number of hydrogen-bond donors (Lipinski definition) is 2. The molecule has 0 aliphatic heterocycles. The van der Waals surface area contributed by atoms with Crippen molar-refractivity contribution in [2.75, 3.05) is 13.1 Å². The highest BCUT2D eigenvalue weighted by atomic mass is 19.4. The van der Waals surface area contributed by atoms with E-state index in [9.17, 15) is 27.6 Å². The SMILES string of the molecule is O=C(CCn1c(=O)oc2ccccc21)NCCNC(=O)c1ccc(C(F)(F)F)cc1. The quantitative estimate of drug-likeness (QED) is 0.574. The lowest BCUT2D eigenvalue weighted by Crippen LogP contribution is -2.35. The Bertz CT molecular complexity index is 1100. The Kier molecular flexibility index (Phi) is 6.24. The zero-order valence-electron chi connectivity index (χ0n) is 15.7. The lowest BCUT2D eigenvalue weighted by atomic mass is 10.1. The topological polar surface area (TPSA) is 93.3 Å². The van der Waals surface area contributed by atoms with Gasteiger partial charge < -0.3 is 15.1 Å². The van der Waals surface area contributed by atoms with Crippen LogP contribution in [-0.2, 0) is 17.5 Å². The Labute approximate surface area is 168 Å². The highest BCUT2D eigenvalue weighted by Crippen LogP contribution is 2.29. The molecule has 0 bridgehead atoms. The molecular formula is C20H18F3N3O4. The fourth-order valence-electron chi connectivity index (χ4n) is 2.82. The summed E-state index contributed by atoms with van der Waals surface area (Å²) in [5, 5.41) is 5.11. The number of benzene rings is 2. The smallest absolute Gasteiger partial charge is 0.408 e. The molecule has 0 radical (unpaired) electrons. The molecule has 1 aromatic heterocycles. The molecule has 30 heavy (non-hydrogen) atoms. The minimum atomic E-state index is -4.47. The van der Waals surface area contributed by atoms with Gasteiger partial charge in [0.05, 0.1) is 11.1 Å². The second-order valence-electron chi connectivity index (χ2n) is 6.42. The molecule has 3 aromatic rings. The number of carbonyl (C=O) groups excluding carboxylic acids is 2. The Morgan fingerprint density at radius 2 is 1.63 bits per heavy atom. The van der Waals surface area contributed by atoms with E-state index in [-0.39, 0.29) is 37.5 Å². The van der Waals surface area contributed by atoms with Crippen molar-refractivity contribution in [3.05, 3.63) is 70.2 Å². The number of para-hydroxylation sites is 2. The zero-order valence-corrected chi connectivity index (χ0v) is 15.7. The van der Waals surface area contributed by atoms with Gasteiger partial charge in [0.1, 0.15) is 0 Å². The largest absolute Gasteiger partial charge is 0.419 e. The summed E-state index contributed by atoms with van der Waals surface area (Å²) in [6, 6.07) is 10.7. The van der Waals surface area contributed by atoms with Crippen LogP contribution in [-0.4, -0.2) is 29.5 Å². The van der Waals surface area contributed by atoms with Crippen LogP contribution >= 0.6 is 0 Å². The van der Waals surface area contributed by atoms with Gasteiger partial charge in [-0.05, 0) is 36.4 Å². The van der Waals surface area contributed by atoms with E-state index in [0.717, 1.165) is 24.3 Å². The van der Waals surface area contributed by atoms with Crippen LogP contribution in [0.4, 0.5) is 13.2 Å². The fourth-order valence-corrected chi connectivity index (χ4v) is 2.82. The van der Waals surface area contributed by atoms with Gasteiger partial charge in [0.25, 0.3) is 5.91 Å². The third-order valence-electron chi connectivity index (χ3n) is 4.34. The maximum absolute atomic E-state index is 12.5. The average molecular weight is 421 g/mol. The summed E-state index contributed by atoms with van der Waals surface area (Å²) in [6.07, 6.45) is -4.43. The van der Waals surface area contributed by atoms with E-state index in [1.165, 1.54) is 4.57 Å². The Morgan fingerprint density at radius 3 is 2.33 bits per heavy atom. The highest BCUT2D eigenvalue weighted by Gasteiger charge is 2.30. The first-order valence-electron chi connectivity index (χ1n) is 9.06. The minimum Gasteiger partial charge on any atom is -0.408 e. The molecule has 3 rings (SSSR count).